The lowest BCUT2D eigenvalue weighted by Gasteiger charge is -2.15. The largest absolute Gasteiger partial charge is 0.344 e. The molecular formula is C14H20N2O2S. The highest BCUT2D eigenvalue weighted by Crippen LogP contribution is 2.17. The van der Waals surface area contributed by atoms with Gasteiger partial charge in [0.25, 0.3) is 0 Å². The molecule has 0 radical (unpaired) electrons. The van der Waals surface area contributed by atoms with Gasteiger partial charge in [0.15, 0.2) is 0 Å². The summed E-state index contributed by atoms with van der Waals surface area (Å²) >= 11 is 4.06. The number of anilines is 1. The Morgan fingerprint density at radius 1 is 1.21 bits per heavy atom. The van der Waals surface area contributed by atoms with E-state index in [2.05, 4.69) is 37.1 Å². The molecule has 1 atom stereocenters. The number of carbonyl (C=O) groups excluding carboxylic acids is 2. The topological polar surface area (TPSA) is 58.2 Å². The van der Waals surface area contributed by atoms with Gasteiger partial charge in [0.1, 0.15) is 6.04 Å². The van der Waals surface area contributed by atoms with Gasteiger partial charge < -0.3 is 10.6 Å². The number of rotatable bonds is 5. The van der Waals surface area contributed by atoms with Gasteiger partial charge in [-0.1, -0.05) is 26.0 Å². The fraction of sp³-hybridized carbons (Fsp3) is 0.429. The minimum absolute atomic E-state index is 0.246. The molecule has 2 amide bonds. The van der Waals surface area contributed by atoms with Crippen molar-refractivity contribution >= 4 is 30.1 Å². The van der Waals surface area contributed by atoms with E-state index in [1.165, 1.54) is 12.5 Å². The summed E-state index contributed by atoms with van der Waals surface area (Å²) in [6.07, 6.45) is 0. The number of hydrogen-bond acceptors (Lipinski definition) is 3. The van der Waals surface area contributed by atoms with E-state index >= 15 is 0 Å². The summed E-state index contributed by atoms with van der Waals surface area (Å²) in [5.74, 6) is 0.205. The highest BCUT2D eigenvalue weighted by Gasteiger charge is 2.17. The van der Waals surface area contributed by atoms with Gasteiger partial charge >= 0.3 is 0 Å². The molecule has 0 heterocycles. The monoisotopic (exact) mass is 280 g/mol. The van der Waals surface area contributed by atoms with Crippen molar-refractivity contribution in [2.75, 3.05) is 11.1 Å². The molecule has 4 nitrogen and oxygen atoms in total. The molecule has 1 unspecified atom stereocenters. The second-order valence-electron chi connectivity index (χ2n) is 4.70. The summed E-state index contributed by atoms with van der Waals surface area (Å²) in [4.78, 5) is 22.9. The summed E-state index contributed by atoms with van der Waals surface area (Å²) in [5, 5.41) is 5.31. The van der Waals surface area contributed by atoms with Crippen molar-refractivity contribution in [1.82, 2.24) is 5.32 Å². The average molecular weight is 280 g/mol. The Labute approximate surface area is 119 Å². The Morgan fingerprint density at radius 3 is 2.21 bits per heavy atom. The molecule has 0 fully saturated rings. The van der Waals surface area contributed by atoms with Gasteiger partial charge in [-0.15, -0.1) is 0 Å². The predicted octanol–water partition coefficient (Wildman–Crippen LogP) is 2.18. The summed E-state index contributed by atoms with van der Waals surface area (Å²) < 4.78 is 0. The van der Waals surface area contributed by atoms with Crippen LogP contribution < -0.4 is 10.6 Å². The first-order chi connectivity index (χ1) is 8.93. The van der Waals surface area contributed by atoms with E-state index in [1.54, 1.807) is 0 Å². The van der Waals surface area contributed by atoms with Crippen LogP contribution in [0.4, 0.5) is 5.69 Å². The Kier molecular flexibility index (Phi) is 5.89. The van der Waals surface area contributed by atoms with E-state index in [0.717, 1.165) is 0 Å². The van der Waals surface area contributed by atoms with Crippen LogP contribution in [0, 0.1) is 0 Å². The standard InChI is InChI=1S/C14H20N2O2S/c1-9(2)11-4-6-12(7-5-11)16-14(18)13(8-19)15-10(3)17/h4-7,9,13,19H,8H2,1-3H3,(H,15,17)(H,16,18). The molecule has 0 aliphatic carbocycles. The predicted molar refractivity (Wildman–Crippen MR) is 80.6 cm³/mol. The molecule has 0 aliphatic rings. The van der Waals surface area contributed by atoms with Crippen molar-refractivity contribution in [1.29, 1.82) is 0 Å². The molecule has 19 heavy (non-hydrogen) atoms. The number of thiol groups is 1. The fourth-order valence-corrected chi connectivity index (χ4v) is 1.88. The van der Waals surface area contributed by atoms with Crippen LogP contribution in [-0.4, -0.2) is 23.6 Å². The Bertz CT molecular complexity index is 443. The van der Waals surface area contributed by atoms with Crippen LogP contribution in [0.15, 0.2) is 24.3 Å². The van der Waals surface area contributed by atoms with Crippen molar-refractivity contribution in [2.24, 2.45) is 0 Å². The number of carbonyl (C=O) groups is 2. The molecule has 2 N–H and O–H groups in total. The van der Waals surface area contributed by atoms with E-state index in [1.807, 2.05) is 24.3 Å². The number of nitrogens with one attached hydrogen (secondary N) is 2. The third kappa shape index (κ3) is 4.95. The number of benzene rings is 1. The van der Waals surface area contributed by atoms with E-state index in [0.29, 0.717) is 11.6 Å². The van der Waals surface area contributed by atoms with Gasteiger partial charge in [0, 0.05) is 18.4 Å². The van der Waals surface area contributed by atoms with Gasteiger partial charge in [-0.05, 0) is 23.6 Å². The maximum atomic E-state index is 11.9. The quantitative estimate of drug-likeness (QED) is 0.724. The molecule has 0 saturated heterocycles. The molecule has 0 aromatic heterocycles. The van der Waals surface area contributed by atoms with E-state index in [4.69, 9.17) is 0 Å². The lowest BCUT2D eigenvalue weighted by atomic mass is 10.0. The van der Waals surface area contributed by atoms with Crippen molar-refractivity contribution in [3.05, 3.63) is 29.8 Å². The molecule has 0 spiro atoms. The minimum atomic E-state index is -0.620. The minimum Gasteiger partial charge on any atom is -0.344 e. The first-order valence-corrected chi connectivity index (χ1v) is 6.86. The summed E-state index contributed by atoms with van der Waals surface area (Å²) in [7, 11) is 0. The van der Waals surface area contributed by atoms with Gasteiger partial charge in [0.05, 0.1) is 0 Å². The van der Waals surface area contributed by atoms with Crippen molar-refractivity contribution < 1.29 is 9.59 Å². The van der Waals surface area contributed by atoms with Crippen molar-refractivity contribution in [3.63, 3.8) is 0 Å². The first kappa shape index (κ1) is 15.6. The fourth-order valence-electron chi connectivity index (χ4n) is 1.62. The summed E-state index contributed by atoms with van der Waals surface area (Å²) in [6.45, 7) is 5.60. The molecule has 1 aromatic rings. The van der Waals surface area contributed by atoms with Crippen LogP contribution in [0.5, 0.6) is 0 Å². The van der Waals surface area contributed by atoms with Crippen LogP contribution in [-0.2, 0) is 9.59 Å². The van der Waals surface area contributed by atoms with Crippen molar-refractivity contribution in [2.45, 2.75) is 32.7 Å². The van der Waals surface area contributed by atoms with Crippen LogP contribution in [0.3, 0.4) is 0 Å². The van der Waals surface area contributed by atoms with Gasteiger partial charge in [0.2, 0.25) is 11.8 Å². The van der Waals surface area contributed by atoms with Crippen molar-refractivity contribution in [3.8, 4) is 0 Å². The van der Waals surface area contributed by atoms with Gasteiger partial charge in [-0.25, -0.2) is 0 Å². The highest BCUT2D eigenvalue weighted by molar-refractivity contribution is 7.80. The summed E-state index contributed by atoms with van der Waals surface area (Å²) in [5.41, 5.74) is 1.93. The maximum Gasteiger partial charge on any atom is 0.247 e. The molecule has 0 saturated carbocycles. The third-order valence-corrected chi connectivity index (χ3v) is 3.09. The smallest absolute Gasteiger partial charge is 0.247 e. The lowest BCUT2D eigenvalue weighted by molar-refractivity contribution is -0.124. The number of amides is 2. The maximum absolute atomic E-state index is 11.9. The second-order valence-corrected chi connectivity index (χ2v) is 5.07. The second kappa shape index (κ2) is 7.19. The third-order valence-electron chi connectivity index (χ3n) is 2.72. The SMILES string of the molecule is CC(=O)NC(CS)C(=O)Nc1ccc(C(C)C)cc1. The van der Waals surface area contributed by atoms with E-state index < -0.39 is 6.04 Å². The van der Waals surface area contributed by atoms with Crippen LogP contribution in [0.2, 0.25) is 0 Å². The van der Waals surface area contributed by atoms with E-state index in [-0.39, 0.29) is 17.6 Å². The van der Waals surface area contributed by atoms with Crippen LogP contribution in [0.25, 0.3) is 0 Å². The van der Waals surface area contributed by atoms with Gasteiger partial charge in [-0.3, -0.25) is 9.59 Å². The highest BCUT2D eigenvalue weighted by atomic mass is 32.1. The number of hydrogen-bond donors (Lipinski definition) is 3. The zero-order valence-corrected chi connectivity index (χ0v) is 12.3. The summed E-state index contributed by atoms with van der Waals surface area (Å²) in [6, 6.07) is 7.06. The zero-order chi connectivity index (χ0) is 14.4. The molecule has 0 bridgehead atoms. The molecule has 0 aliphatic heterocycles. The Balaban J connectivity index is 2.67. The zero-order valence-electron chi connectivity index (χ0n) is 11.4. The van der Waals surface area contributed by atoms with Crippen LogP contribution in [0.1, 0.15) is 32.3 Å². The van der Waals surface area contributed by atoms with E-state index in [9.17, 15) is 9.59 Å². The normalized spacial score (nSPS) is 12.1. The lowest BCUT2D eigenvalue weighted by Crippen LogP contribution is -2.44. The molecule has 5 heteroatoms. The molecule has 1 rings (SSSR count). The molecule has 1 aromatic carbocycles. The Morgan fingerprint density at radius 2 is 1.79 bits per heavy atom. The first-order valence-electron chi connectivity index (χ1n) is 6.22. The molecule has 104 valence electrons. The molecular weight excluding hydrogens is 260 g/mol. The Hall–Kier alpha value is -1.49. The van der Waals surface area contributed by atoms with Gasteiger partial charge in [-0.2, -0.15) is 12.6 Å². The average Bonchev–Trinajstić information content (AvgIpc) is 2.36. The van der Waals surface area contributed by atoms with Crippen LogP contribution >= 0.6 is 12.6 Å².